The first kappa shape index (κ1) is 13.9. The fourth-order valence-corrected chi connectivity index (χ4v) is 1.66. The SMILES string of the molecule is CCCNC(COCC)C(C)CCC. The molecule has 0 rings (SSSR count). The van der Waals surface area contributed by atoms with E-state index in [1.54, 1.807) is 0 Å². The predicted molar refractivity (Wildman–Crippen MR) is 62.6 cm³/mol. The van der Waals surface area contributed by atoms with Gasteiger partial charge in [0.15, 0.2) is 0 Å². The molecule has 0 saturated heterocycles. The molecular formula is C12H27NO. The van der Waals surface area contributed by atoms with Crippen LogP contribution in [0.5, 0.6) is 0 Å². The molecule has 0 bridgehead atoms. The van der Waals surface area contributed by atoms with Crippen LogP contribution in [0, 0.1) is 5.92 Å². The van der Waals surface area contributed by atoms with Gasteiger partial charge in [0.05, 0.1) is 6.61 Å². The molecule has 0 aromatic carbocycles. The van der Waals surface area contributed by atoms with Crippen molar-refractivity contribution >= 4 is 0 Å². The van der Waals surface area contributed by atoms with E-state index in [-0.39, 0.29) is 0 Å². The molecule has 86 valence electrons. The highest BCUT2D eigenvalue weighted by molar-refractivity contribution is 4.72. The zero-order chi connectivity index (χ0) is 10.8. The lowest BCUT2D eigenvalue weighted by atomic mass is 9.97. The minimum atomic E-state index is 0.537. The van der Waals surface area contributed by atoms with E-state index in [1.165, 1.54) is 19.3 Å². The molecule has 2 nitrogen and oxygen atoms in total. The van der Waals surface area contributed by atoms with Gasteiger partial charge < -0.3 is 10.1 Å². The maximum absolute atomic E-state index is 5.50. The summed E-state index contributed by atoms with van der Waals surface area (Å²) in [6, 6.07) is 0.537. The largest absolute Gasteiger partial charge is 0.380 e. The highest BCUT2D eigenvalue weighted by Crippen LogP contribution is 2.11. The lowest BCUT2D eigenvalue weighted by Gasteiger charge is -2.24. The second-order valence-electron chi connectivity index (χ2n) is 3.99. The Morgan fingerprint density at radius 2 is 1.86 bits per heavy atom. The van der Waals surface area contributed by atoms with E-state index in [0.717, 1.165) is 25.7 Å². The van der Waals surface area contributed by atoms with Crippen LogP contribution in [0.4, 0.5) is 0 Å². The van der Waals surface area contributed by atoms with E-state index in [4.69, 9.17) is 4.74 Å². The van der Waals surface area contributed by atoms with Crippen LogP contribution in [-0.4, -0.2) is 25.8 Å². The van der Waals surface area contributed by atoms with Gasteiger partial charge in [-0.05, 0) is 32.2 Å². The van der Waals surface area contributed by atoms with Crippen LogP contribution in [-0.2, 0) is 4.74 Å². The number of nitrogens with one attached hydrogen (secondary N) is 1. The van der Waals surface area contributed by atoms with Crippen molar-refractivity contribution in [2.75, 3.05) is 19.8 Å². The second-order valence-corrected chi connectivity index (χ2v) is 3.99. The first-order valence-electron chi connectivity index (χ1n) is 6.07. The molecule has 0 spiro atoms. The molecule has 0 heterocycles. The van der Waals surface area contributed by atoms with Gasteiger partial charge in [-0.1, -0.05) is 27.2 Å². The molecule has 0 aliphatic heterocycles. The van der Waals surface area contributed by atoms with Gasteiger partial charge in [0, 0.05) is 12.6 Å². The number of hydrogen-bond acceptors (Lipinski definition) is 2. The average Bonchev–Trinajstić information content (AvgIpc) is 2.18. The monoisotopic (exact) mass is 201 g/mol. The van der Waals surface area contributed by atoms with Crippen molar-refractivity contribution in [3.05, 3.63) is 0 Å². The summed E-state index contributed by atoms with van der Waals surface area (Å²) in [5.41, 5.74) is 0. The molecule has 0 aromatic rings. The number of rotatable bonds is 9. The van der Waals surface area contributed by atoms with Crippen molar-refractivity contribution in [3.8, 4) is 0 Å². The topological polar surface area (TPSA) is 21.3 Å². The Kier molecular flexibility index (Phi) is 9.42. The Balaban J connectivity index is 3.81. The smallest absolute Gasteiger partial charge is 0.0622 e. The van der Waals surface area contributed by atoms with Crippen LogP contribution in [0.1, 0.15) is 47.0 Å². The van der Waals surface area contributed by atoms with Gasteiger partial charge in [-0.2, -0.15) is 0 Å². The standard InChI is InChI=1S/C12H27NO/c1-5-8-11(4)12(10-14-7-3)13-9-6-2/h11-13H,5-10H2,1-4H3. The molecule has 2 heteroatoms. The zero-order valence-electron chi connectivity index (χ0n) is 10.3. The maximum Gasteiger partial charge on any atom is 0.0622 e. The zero-order valence-corrected chi connectivity index (χ0v) is 10.3. The van der Waals surface area contributed by atoms with Crippen LogP contribution >= 0.6 is 0 Å². The molecule has 0 amide bonds. The summed E-state index contributed by atoms with van der Waals surface area (Å²) in [4.78, 5) is 0. The van der Waals surface area contributed by atoms with Gasteiger partial charge in [0.25, 0.3) is 0 Å². The third kappa shape index (κ3) is 6.39. The summed E-state index contributed by atoms with van der Waals surface area (Å²) >= 11 is 0. The highest BCUT2D eigenvalue weighted by atomic mass is 16.5. The van der Waals surface area contributed by atoms with Gasteiger partial charge in [0.1, 0.15) is 0 Å². The molecule has 2 atom stereocenters. The van der Waals surface area contributed by atoms with E-state index in [0.29, 0.717) is 6.04 Å². The average molecular weight is 201 g/mol. The molecule has 0 radical (unpaired) electrons. The third-order valence-corrected chi connectivity index (χ3v) is 2.59. The first-order chi connectivity index (χ1) is 6.76. The van der Waals surface area contributed by atoms with Crippen molar-refractivity contribution in [2.45, 2.75) is 53.0 Å². The number of ether oxygens (including phenoxy) is 1. The van der Waals surface area contributed by atoms with Crippen LogP contribution < -0.4 is 5.32 Å². The Labute approximate surface area is 89.4 Å². The van der Waals surface area contributed by atoms with Gasteiger partial charge in [-0.15, -0.1) is 0 Å². The molecule has 0 saturated carbocycles. The van der Waals surface area contributed by atoms with Crippen LogP contribution in [0.2, 0.25) is 0 Å². The molecule has 2 unspecified atom stereocenters. The fraction of sp³-hybridized carbons (Fsp3) is 1.00. The fourth-order valence-electron chi connectivity index (χ4n) is 1.66. The summed E-state index contributed by atoms with van der Waals surface area (Å²) in [6.07, 6.45) is 3.74. The maximum atomic E-state index is 5.50. The van der Waals surface area contributed by atoms with Crippen LogP contribution in [0.3, 0.4) is 0 Å². The molecule has 0 aromatic heterocycles. The minimum Gasteiger partial charge on any atom is -0.380 e. The summed E-state index contributed by atoms with van der Waals surface area (Å²) in [5.74, 6) is 0.720. The lowest BCUT2D eigenvalue weighted by Crippen LogP contribution is -2.39. The van der Waals surface area contributed by atoms with E-state index < -0.39 is 0 Å². The third-order valence-electron chi connectivity index (χ3n) is 2.59. The van der Waals surface area contributed by atoms with Crippen molar-refractivity contribution in [2.24, 2.45) is 5.92 Å². The quantitative estimate of drug-likeness (QED) is 0.619. The molecule has 0 fully saturated rings. The van der Waals surface area contributed by atoms with Crippen molar-refractivity contribution in [1.82, 2.24) is 5.32 Å². The van der Waals surface area contributed by atoms with Gasteiger partial charge in [-0.25, -0.2) is 0 Å². The van der Waals surface area contributed by atoms with Gasteiger partial charge in [-0.3, -0.25) is 0 Å². The Bertz CT molecular complexity index is 109. The summed E-state index contributed by atoms with van der Waals surface area (Å²) in [5, 5.41) is 3.56. The van der Waals surface area contributed by atoms with Crippen molar-refractivity contribution in [1.29, 1.82) is 0 Å². The Hall–Kier alpha value is -0.0800. The highest BCUT2D eigenvalue weighted by Gasteiger charge is 2.15. The van der Waals surface area contributed by atoms with Crippen molar-refractivity contribution < 1.29 is 4.74 Å². The summed E-state index contributed by atoms with van der Waals surface area (Å²) < 4.78 is 5.50. The number of hydrogen-bond donors (Lipinski definition) is 1. The van der Waals surface area contributed by atoms with E-state index in [9.17, 15) is 0 Å². The van der Waals surface area contributed by atoms with E-state index >= 15 is 0 Å². The summed E-state index contributed by atoms with van der Waals surface area (Å²) in [7, 11) is 0. The molecular weight excluding hydrogens is 174 g/mol. The lowest BCUT2D eigenvalue weighted by molar-refractivity contribution is 0.104. The molecule has 0 aliphatic rings. The molecule has 0 aliphatic carbocycles. The first-order valence-corrected chi connectivity index (χ1v) is 6.07. The van der Waals surface area contributed by atoms with Gasteiger partial charge >= 0.3 is 0 Å². The molecule has 1 N–H and O–H groups in total. The van der Waals surface area contributed by atoms with E-state index in [1.807, 2.05) is 0 Å². The minimum absolute atomic E-state index is 0.537. The normalized spacial score (nSPS) is 15.4. The van der Waals surface area contributed by atoms with Crippen LogP contribution in [0.25, 0.3) is 0 Å². The summed E-state index contributed by atoms with van der Waals surface area (Å²) in [6.45, 7) is 11.6. The predicted octanol–water partition coefficient (Wildman–Crippen LogP) is 2.83. The molecule has 14 heavy (non-hydrogen) atoms. The second kappa shape index (κ2) is 9.47. The van der Waals surface area contributed by atoms with Crippen LogP contribution in [0.15, 0.2) is 0 Å². The van der Waals surface area contributed by atoms with Crippen molar-refractivity contribution in [3.63, 3.8) is 0 Å². The Morgan fingerprint density at radius 1 is 1.14 bits per heavy atom. The Morgan fingerprint density at radius 3 is 2.36 bits per heavy atom. The van der Waals surface area contributed by atoms with Gasteiger partial charge in [0.2, 0.25) is 0 Å². The van der Waals surface area contributed by atoms with E-state index in [2.05, 4.69) is 33.0 Å².